The Morgan fingerprint density at radius 1 is 1.35 bits per heavy atom. The van der Waals surface area contributed by atoms with Gasteiger partial charge in [-0.05, 0) is 43.2 Å². The Balaban J connectivity index is 1.56. The van der Waals surface area contributed by atoms with E-state index in [1.54, 1.807) is 18.3 Å². The molecule has 1 amide bonds. The lowest BCUT2D eigenvalue weighted by Gasteiger charge is -2.11. The molecule has 6 heteroatoms. The van der Waals surface area contributed by atoms with Crippen LogP contribution in [0.15, 0.2) is 47.1 Å². The number of aromatic nitrogens is 1. The monoisotopic (exact) mass is 375 g/mol. The molecule has 3 rings (SSSR count). The summed E-state index contributed by atoms with van der Waals surface area (Å²) in [5, 5.41) is 6.08. The predicted octanol–water partition coefficient (Wildman–Crippen LogP) is 3.50. The molecule has 120 valence electrons. The van der Waals surface area contributed by atoms with E-state index in [1.807, 2.05) is 24.3 Å². The first-order chi connectivity index (χ1) is 11.2. The first-order valence-corrected chi connectivity index (χ1v) is 8.38. The van der Waals surface area contributed by atoms with Gasteiger partial charge in [-0.15, -0.1) is 0 Å². The number of carbonyl (C=O) groups is 1. The molecule has 0 spiro atoms. The summed E-state index contributed by atoms with van der Waals surface area (Å²) >= 11 is 3.43. The van der Waals surface area contributed by atoms with Crippen LogP contribution in [-0.2, 0) is 4.74 Å². The van der Waals surface area contributed by atoms with Crippen LogP contribution < -0.4 is 10.6 Å². The maximum absolute atomic E-state index is 12.1. The minimum Gasteiger partial charge on any atom is -0.376 e. The number of halogens is 1. The maximum atomic E-state index is 12.1. The highest BCUT2D eigenvalue weighted by Crippen LogP contribution is 2.19. The van der Waals surface area contributed by atoms with Crippen LogP contribution in [0.3, 0.4) is 0 Å². The largest absolute Gasteiger partial charge is 0.376 e. The minimum atomic E-state index is -0.123. The topological polar surface area (TPSA) is 63.2 Å². The van der Waals surface area contributed by atoms with Crippen molar-refractivity contribution in [1.82, 2.24) is 10.3 Å². The Kier molecular flexibility index (Phi) is 5.25. The van der Waals surface area contributed by atoms with Crippen LogP contribution in [0, 0.1) is 0 Å². The van der Waals surface area contributed by atoms with E-state index in [0.717, 1.165) is 29.6 Å². The Labute approximate surface area is 143 Å². The molecule has 2 N–H and O–H groups in total. The molecule has 1 aliphatic rings. The van der Waals surface area contributed by atoms with E-state index in [2.05, 4.69) is 31.5 Å². The van der Waals surface area contributed by atoms with Crippen LogP contribution in [-0.4, -0.2) is 30.1 Å². The predicted molar refractivity (Wildman–Crippen MR) is 93.0 cm³/mol. The third-order valence-corrected chi connectivity index (χ3v) is 4.13. The summed E-state index contributed by atoms with van der Waals surface area (Å²) in [6.45, 7) is 1.34. The van der Waals surface area contributed by atoms with Gasteiger partial charge in [-0.25, -0.2) is 4.98 Å². The van der Waals surface area contributed by atoms with Gasteiger partial charge in [0.25, 0.3) is 5.91 Å². The zero-order valence-electron chi connectivity index (χ0n) is 12.6. The number of carbonyl (C=O) groups excluding carboxylic acids is 1. The van der Waals surface area contributed by atoms with Gasteiger partial charge in [0.2, 0.25) is 0 Å². The zero-order chi connectivity index (χ0) is 16.1. The van der Waals surface area contributed by atoms with E-state index < -0.39 is 0 Å². The van der Waals surface area contributed by atoms with Gasteiger partial charge in [-0.1, -0.05) is 22.0 Å². The number of anilines is 2. The number of nitrogens with one attached hydrogen (secondary N) is 2. The Morgan fingerprint density at radius 3 is 2.96 bits per heavy atom. The number of benzene rings is 1. The summed E-state index contributed by atoms with van der Waals surface area (Å²) in [5.41, 5.74) is 1.48. The lowest BCUT2D eigenvalue weighted by atomic mass is 10.2. The summed E-state index contributed by atoms with van der Waals surface area (Å²) in [7, 11) is 0. The third kappa shape index (κ3) is 4.53. The Hall–Kier alpha value is -1.92. The van der Waals surface area contributed by atoms with E-state index in [1.165, 1.54) is 0 Å². The molecule has 23 heavy (non-hydrogen) atoms. The molecule has 1 saturated heterocycles. The molecule has 1 aliphatic heterocycles. The summed E-state index contributed by atoms with van der Waals surface area (Å²) in [4.78, 5) is 16.4. The molecule has 1 aromatic carbocycles. The van der Waals surface area contributed by atoms with Crippen molar-refractivity contribution in [2.75, 3.05) is 18.5 Å². The van der Waals surface area contributed by atoms with Gasteiger partial charge in [-0.3, -0.25) is 4.79 Å². The fourth-order valence-corrected chi connectivity index (χ4v) is 2.83. The van der Waals surface area contributed by atoms with E-state index in [0.29, 0.717) is 17.9 Å². The second-order valence-electron chi connectivity index (χ2n) is 5.41. The zero-order valence-corrected chi connectivity index (χ0v) is 14.2. The normalized spacial score (nSPS) is 17.0. The third-order valence-electron chi connectivity index (χ3n) is 3.64. The molecule has 5 nitrogen and oxygen atoms in total. The van der Waals surface area contributed by atoms with E-state index in [9.17, 15) is 4.79 Å². The average molecular weight is 376 g/mol. The van der Waals surface area contributed by atoms with E-state index >= 15 is 0 Å². The lowest BCUT2D eigenvalue weighted by Crippen LogP contribution is -2.31. The van der Waals surface area contributed by atoms with Crippen LogP contribution in [0.5, 0.6) is 0 Å². The van der Waals surface area contributed by atoms with Crippen LogP contribution >= 0.6 is 15.9 Å². The molecule has 1 atom stereocenters. The molecule has 2 heterocycles. The van der Waals surface area contributed by atoms with Crippen molar-refractivity contribution >= 4 is 33.3 Å². The van der Waals surface area contributed by atoms with Crippen LogP contribution in [0.2, 0.25) is 0 Å². The number of pyridine rings is 1. The number of hydrogen-bond donors (Lipinski definition) is 2. The van der Waals surface area contributed by atoms with Gasteiger partial charge in [0.1, 0.15) is 5.82 Å². The molecule has 0 radical (unpaired) electrons. The highest BCUT2D eigenvalue weighted by atomic mass is 79.9. The highest BCUT2D eigenvalue weighted by molar-refractivity contribution is 9.10. The SMILES string of the molecule is O=C(NCC1CCCO1)c1ccc(Nc2cccc(Br)c2)nc1. The molecule has 1 fully saturated rings. The standard InChI is InChI=1S/C17H18BrN3O2/c18-13-3-1-4-14(9-13)21-16-7-6-12(10-19-16)17(22)20-11-15-5-2-8-23-15/h1,3-4,6-7,9-10,15H,2,5,8,11H2,(H,19,21)(H,20,22). The van der Waals surface area contributed by atoms with Crippen molar-refractivity contribution < 1.29 is 9.53 Å². The number of rotatable bonds is 5. The van der Waals surface area contributed by atoms with E-state index in [4.69, 9.17) is 4.74 Å². The van der Waals surface area contributed by atoms with E-state index in [-0.39, 0.29) is 12.0 Å². The second kappa shape index (κ2) is 7.57. The maximum Gasteiger partial charge on any atom is 0.252 e. The fraction of sp³-hybridized carbons (Fsp3) is 0.294. The van der Waals surface area contributed by atoms with Crippen LogP contribution in [0.4, 0.5) is 11.5 Å². The first-order valence-electron chi connectivity index (χ1n) is 7.59. The summed E-state index contributed by atoms with van der Waals surface area (Å²) in [6, 6.07) is 11.4. The minimum absolute atomic E-state index is 0.123. The number of nitrogens with zero attached hydrogens (tertiary/aromatic N) is 1. The number of ether oxygens (including phenoxy) is 1. The number of hydrogen-bond acceptors (Lipinski definition) is 4. The van der Waals surface area contributed by atoms with Gasteiger partial charge in [0, 0.05) is 29.5 Å². The van der Waals surface area contributed by atoms with Gasteiger partial charge in [0.15, 0.2) is 0 Å². The summed E-state index contributed by atoms with van der Waals surface area (Å²) in [6.07, 6.45) is 3.79. The fourth-order valence-electron chi connectivity index (χ4n) is 2.43. The Bertz CT molecular complexity index is 670. The van der Waals surface area contributed by atoms with Gasteiger partial charge in [-0.2, -0.15) is 0 Å². The molecule has 0 saturated carbocycles. The lowest BCUT2D eigenvalue weighted by molar-refractivity contribution is 0.0857. The van der Waals surface area contributed by atoms with Crippen LogP contribution in [0.1, 0.15) is 23.2 Å². The summed E-state index contributed by atoms with van der Waals surface area (Å²) < 4.78 is 6.48. The molecule has 2 aromatic rings. The second-order valence-corrected chi connectivity index (χ2v) is 6.33. The first kappa shape index (κ1) is 16.0. The highest BCUT2D eigenvalue weighted by Gasteiger charge is 2.16. The quantitative estimate of drug-likeness (QED) is 0.839. The smallest absolute Gasteiger partial charge is 0.252 e. The van der Waals surface area contributed by atoms with Gasteiger partial charge >= 0.3 is 0 Å². The molecule has 0 aliphatic carbocycles. The molecular weight excluding hydrogens is 358 g/mol. The van der Waals surface area contributed by atoms with Crippen molar-refractivity contribution in [1.29, 1.82) is 0 Å². The molecule has 0 bridgehead atoms. The average Bonchev–Trinajstić information content (AvgIpc) is 3.07. The van der Waals surface area contributed by atoms with Crippen molar-refractivity contribution in [2.24, 2.45) is 0 Å². The summed E-state index contributed by atoms with van der Waals surface area (Å²) in [5.74, 6) is 0.570. The van der Waals surface area contributed by atoms with Crippen molar-refractivity contribution in [3.63, 3.8) is 0 Å². The molecular formula is C17H18BrN3O2. The van der Waals surface area contributed by atoms with Crippen molar-refractivity contribution in [3.05, 3.63) is 52.6 Å². The number of amides is 1. The Morgan fingerprint density at radius 2 is 2.26 bits per heavy atom. The van der Waals surface area contributed by atoms with Crippen LogP contribution in [0.25, 0.3) is 0 Å². The molecule has 1 aromatic heterocycles. The van der Waals surface area contributed by atoms with Gasteiger partial charge < -0.3 is 15.4 Å². The van der Waals surface area contributed by atoms with Gasteiger partial charge in [0.05, 0.1) is 11.7 Å². The van der Waals surface area contributed by atoms with Crippen molar-refractivity contribution in [3.8, 4) is 0 Å². The van der Waals surface area contributed by atoms with Crippen molar-refractivity contribution in [2.45, 2.75) is 18.9 Å². The molecule has 1 unspecified atom stereocenters.